The molecule has 0 unspecified atom stereocenters. The molecule has 1 N–H and O–H groups in total. The number of aliphatic hydroxyl groups excluding tert-OH is 1. The molecule has 6 nitrogen and oxygen atoms in total. The van der Waals surface area contributed by atoms with Crippen molar-refractivity contribution in [2.24, 2.45) is 5.92 Å². The number of thiocarbonyl (C=S) groups is 1. The van der Waals surface area contributed by atoms with E-state index in [0.29, 0.717) is 18.6 Å². The number of hydrogen-bond acceptors (Lipinski definition) is 6. The minimum atomic E-state index is -1.05. The van der Waals surface area contributed by atoms with Crippen LogP contribution in [0.15, 0.2) is 72.8 Å². The van der Waals surface area contributed by atoms with Gasteiger partial charge in [0.2, 0.25) is 5.91 Å². The number of carbonyl (C=O) groups is 2. The van der Waals surface area contributed by atoms with Gasteiger partial charge in [-0.3, -0.25) is 9.69 Å². The number of rotatable bonds is 8. The van der Waals surface area contributed by atoms with Crippen LogP contribution in [0.1, 0.15) is 22.8 Å². The Hall–Kier alpha value is -3.03. The first-order chi connectivity index (χ1) is 15.0. The standard InChI is InChI=1S/C24H25NO5S/c1-17(21(26)13-8-14-29-23(28)19-11-6-3-7-12-19)22(27)25-20(16-30-24(25)31)15-18-9-4-2-5-10-18/h2-13,17,20-21,26H,14-16H2,1H3/b13-8+/t17-,20+,21+/m1/s1. The van der Waals surface area contributed by atoms with Crippen molar-refractivity contribution in [1.29, 1.82) is 0 Å². The Morgan fingerprint density at radius 2 is 1.84 bits per heavy atom. The van der Waals surface area contributed by atoms with Gasteiger partial charge in [-0.15, -0.1) is 0 Å². The lowest BCUT2D eigenvalue weighted by Gasteiger charge is -2.26. The third-order valence-corrected chi connectivity index (χ3v) is 5.38. The monoisotopic (exact) mass is 439 g/mol. The normalized spacial score (nSPS) is 17.9. The van der Waals surface area contributed by atoms with E-state index in [1.807, 2.05) is 36.4 Å². The molecule has 1 aliphatic heterocycles. The van der Waals surface area contributed by atoms with Crippen LogP contribution in [0.3, 0.4) is 0 Å². The van der Waals surface area contributed by atoms with Gasteiger partial charge in [-0.2, -0.15) is 0 Å². The SMILES string of the molecule is C[C@@H](C(=O)N1C(=S)OC[C@@H]1Cc1ccccc1)[C@@H](O)/C=C/COC(=O)c1ccccc1. The van der Waals surface area contributed by atoms with Gasteiger partial charge in [0, 0.05) is 0 Å². The first kappa shape index (κ1) is 22.7. The number of esters is 1. The van der Waals surface area contributed by atoms with E-state index < -0.39 is 18.0 Å². The van der Waals surface area contributed by atoms with Crippen LogP contribution in [-0.4, -0.2) is 52.4 Å². The van der Waals surface area contributed by atoms with E-state index in [-0.39, 0.29) is 23.7 Å². The van der Waals surface area contributed by atoms with E-state index in [2.05, 4.69) is 0 Å². The number of ether oxygens (including phenoxy) is 2. The Bertz CT molecular complexity index is 932. The van der Waals surface area contributed by atoms with Crippen molar-refractivity contribution in [2.45, 2.75) is 25.5 Å². The summed E-state index contributed by atoms with van der Waals surface area (Å²) >= 11 is 5.22. The molecule has 0 aromatic heterocycles. The average Bonchev–Trinajstić information content (AvgIpc) is 3.16. The van der Waals surface area contributed by atoms with Gasteiger partial charge in [0.25, 0.3) is 5.17 Å². The van der Waals surface area contributed by atoms with Crippen LogP contribution in [0, 0.1) is 5.92 Å². The van der Waals surface area contributed by atoms with Crippen molar-refractivity contribution >= 4 is 29.3 Å². The summed E-state index contributed by atoms with van der Waals surface area (Å²) in [5, 5.41) is 10.6. The van der Waals surface area contributed by atoms with Crippen LogP contribution in [-0.2, 0) is 20.7 Å². The summed E-state index contributed by atoms with van der Waals surface area (Å²) in [5.41, 5.74) is 1.53. The second-order valence-electron chi connectivity index (χ2n) is 7.30. The van der Waals surface area contributed by atoms with E-state index >= 15 is 0 Å². The first-order valence-corrected chi connectivity index (χ1v) is 10.5. The zero-order valence-corrected chi connectivity index (χ0v) is 18.0. The van der Waals surface area contributed by atoms with Gasteiger partial charge < -0.3 is 14.6 Å². The minimum absolute atomic E-state index is 0.00638. The summed E-state index contributed by atoms with van der Waals surface area (Å²) in [5.74, 6) is -1.49. The highest BCUT2D eigenvalue weighted by Gasteiger charge is 2.38. The van der Waals surface area contributed by atoms with E-state index in [1.54, 1.807) is 31.2 Å². The third kappa shape index (κ3) is 5.99. The summed E-state index contributed by atoms with van der Waals surface area (Å²) < 4.78 is 10.6. The predicted octanol–water partition coefficient (Wildman–Crippen LogP) is 3.15. The molecule has 1 amide bonds. The van der Waals surface area contributed by atoms with Gasteiger partial charge in [0.1, 0.15) is 13.2 Å². The van der Waals surface area contributed by atoms with Crippen molar-refractivity contribution < 1.29 is 24.2 Å². The molecule has 0 saturated carbocycles. The minimum Gasteiger partial charge on any atom is -0.468 e. The fourth-order valence-electron chi connectivity index (χ4n) is 3.28. The Morgan fingerprint density at radius 3 is 2.52 bits per heavy atom. The van der Waals surface area contributed by atoms with E-state index in [4.69, 9.17) is 21.7 Å². The molecule has 2 aromatic rings. The van der Waals surface area contributed by atoms with Crippen LogP contribution >= 0.6 is 12.2 Å². The molecule has 1 fully saturated rings. The smallest absolute Gasteiger partial charge is 0.338 e. The highest BCUT2D eigenvalue weighted by Crippen LogP contribution is 2.21. The lowest BCUT2D eigenvalue weighted by Crippen LogP contribution is -2.45. The maximum absolute atomic E-state index is 13.0. The molecular formula is C24H25NO5S. The van der Waals surface area contributed by atoms with E-state index in [0.717, 1.165) is 5.56 Å². The Morgan fingerprint density at radius 1 is 1.19 bits per heavy atom. The molecule has 1 aliphatic rings. The zero-order valence-electron chi connectivity index (χ0n) is 17.2. The van der Waals surface area contributed by atoms with Gasteiger partial charge in [0.05, 0.1) is 23.6 Å². The molecule has 0 radical (unpaired) electrons. The number of hydrogen-bond donors (Lipinski definition) is 1. The number of benzene rings is 2. The molecule has 0 aliphatic carbocycles. The van der Waals surface area contributed by atoms with Crippen LogP contribution < -0.4 is 0 Å². The van der Waals surface area contributed by atoms with Gasteiger partial charge in [-0.1, -0.05) is 61.5 Å². The third-order valence-electron chi connectivity index (χ3n) is 5.07. The summed E-state index contributed by atoms with van der Waals surface area (Å²) in [6, 6.07) is 18.2. The molecule has 0 bridgehead atoms. The topological polar surface area (TPSA) is 76.1 Å². The fraction of sp³-hybridized carbons (Fsp3) is 0.292. The molecule has 162 valence electrons. The fourth-order valence-corrected chi connectivity index (χ4v) is 3.58. The number of carbonyl (C=O) groups excluding carboxylic acids is 2. The van der Waals surface area contributed by atoms with Crippen molar-refractivity contribution in [2.75, 3.05) is 13.2 Å². The zero-order chi connectivity index (χ0) is 22.2. The maximum Gasteiger partial charge on any atom is 0.338 e. The van der Waals surface area contributed by atoms with Gasteiger partial charge >= 0.3 is 5.97 Å². The van der Waals surface area contributed by atoms with E-state index in [9.17, 15) is 14.7 Å². The molecule has 31 heavy (non-hydrogen) atoms. The second kappa shape index (κ2) is 10.8. The second-order valence-corrected chi connectivity index (χ2v) is 7.65. The molecule has 2 aromatic carbocycles. The van der Waals surface area contributed by atoms with Crippen molar-refractivity contribution in [3.05, 3.63) is 83.9 Å². The number of nitrogens with zero attached hydrogens (tertiary/aromatic N) is 1. The maximum atomic E-state index is 13.0. The van der Waals surface area contributed by atoms with Gasteiger partial charge in [-0.05, 0) is 42.4 Å². The Balaban J connectivity index is 1.54. The first-order valence-electron chi connectivity index (χ1n) is 10.1. The summed E-state index contributed by atoms with van der Waals surface area (Å²) in [4.78, 5) is 26.4. The van der Waals surface area contributed by atoms with Crippen LogP contribution in [0.5, 0.6) is 0 Å². The molecule has 7 heteroatoms. The van der Waals surface area contributed by atoms with Crippen molar-refractivity contribution in [3.63, 3.8) is 0 Å². The van der Waals surface area contributed by atoms with E-state index in [1.165, 1.54) is 17.1 Å². The number of aliphatic hydroxyl groups is 1. The summed E-state index contributed by atoms with van der Waals surface area (Å²) in [6.45, 7) is 1.95. The van der Waals surface area contributed by atoms with Crippen LogP contribution in [0.2, 0.25) is 0 Å². The molecule has 3 atom stereocenters. The highest BCUT2D eigenvalue weighted by molar-refractivity contribution is 7.80. The average molecular weight is 440 g/mol. The Kier molecular flexibility index (Phi) is 7.92. The van der Waals surface area contributed by atoms with Crippen molar-refractivity contribution in [1.82, 2.24) is 4.90 Å². The van der Waals surface area contributed by atoms with Gasteiger partial charge in [-0.25, -0.2) is 4.79 Å². The predicted molar refractivity (Wildman–Crippen MR) is 120 cm³/mol. The van der Waals surface area contributed by atoms with Crippen molar-refractivity contribution in [3.8, 4) is 0 Å². The van der Waals surface area contributed by atoms with Gasteiger partial charge in [0.15, 0.2) is 0 Å². The van der Waals surface area contributed by atoms with Crippen LogP contribution in [0.25, 0.3) is 0 Å². The molecule has 1 saturated heterocycles. The molecule has 0 spiro atoms. The number of amides is 1. The largest absolute Gasteiger partial charge is 0.468 e. The molecule has 3 rings (SSSR count). The molecule has 1 heterocycles. The summed E-state index contributed by atoms with van der Waals surface area (Å²) in [7, 11) is 0. The summed E-state index contributed by atoms with van der Waals surface area (Å²) in [6.07, 6.45) is 2.53. The Labute approximate surface area is 187 Å². The lowest BCUT2D eigenvalue weighted by molar-refractivity contribution is -0.134. The lowest BCUT2D eigenvalue weighted by atomic mass is 10.0. The van der Waals surface area contributed by atoms with Crippen LogP contribution in [0.4, 0.5) is 0 Å². The molecular weight excluding hydrogens is 414 g/mol. The highest BCUT2D eigenvalue weighted by atomic mass is 32.1. The quantitative estimate of drug-likeness (QED) is 0.387.